The molecule has 0 bridgehead atoms. The van der Waals surface area contributed by atoms with Gasteiger partial charge in [0.25, 0.3) is 5.91 Å². The number of nitrogens with zero attached hydrogens (tertiary/aromatic N) is 1. The van der Waals surface area contributed by atoms with Gasteiger partial charge in [-0.05, 0) is 49.9 Å². The SMILES string of the molecule is COCCNC(=O)c1ccc(OC)cc1OC1CCN([C@@H](C)Cc2ccccc2F)CC1. The summed E-state index contributed by atoms with van der Waals surface area (Å²) < 4.78 is 30.6. The minimum Gasteiger partial charge on any atom is -0.497 e. The van der Waals surface area contributed by atoms with Crippen molar-refractivity contribution in [3.05, 3.63) is 59.4 Å². The zero-order valence-corrected chi connectivity index (χ0v) is 19.1. The number of methoxy groups -OCH3 is 2. The van der Waals surface area contributed by atoms with Gasteiger partial charge in [-0.3, -0.25) is 4.79 Å². The van der Waals surface area contributed by atoms with Gasteiger partial charge in [0.1, 0.15) is 23.4 Å². The Morgan fingerprint density at radius 2 is 1.94 bits per heavy atom. The highest BCUT2D eigenvalue weighted by Gasteiger charge is 2.26. The Balaban J connectivity index is 1.59. The Labute approximate surface area is 189 Å². The van der Waals surface area contributed by atoms with Crippen LogP contribution in [-0.2, 0) is 11.2 Å². The van der Waals surface area contributed by atoms with E-state index >= 15 is 0 Å². The van der Waals surface area contributed by atoms with E-state index in [1.54, 1.807) is 38.5 Å². The van der Waals surface area contributed by atoms with Gasteiger partial charge < -0.3 is 24.4 Å². The van der Waals surface area contributed by atoms with Gasteiger partial charge in [0.2, 0.25) is 0 Å². The summed E-state index contributed by atoms with van der Waals surface area (Å²) in [5.74, 6) is 0.823. The first-order valence-electron chi connectivity index (χ1n) is 11.1. The lowest BCUT2D eigenvalue weighted by atomic mass is 10.0. The van der Waals surface area contributed by atoms with Crippen LogP contribution in [-0.4, -0.2) is 63.4 Å². The van der Waals surface area contributed by atoms with E-state index in [4.69, 9.17) is 14.2 Å². The Hall–Kier alpha value is -2.64. The first-order chi connectivity index (χ1) is 15.5. The summed E-state index contributed by atoms with van der Waals surface area (Å²) in [5.41, 5.74) is 1.23. The van der Waals surface area contributed by atoms with Crippen LogP contribution in [0.15, 0.2) is 42.5 Å². The first kappa shape index (κ1) is 24.0. The number of likely N-dealkylation sites (tertiary alicyclic amines) is 1. The van der Waals surface area contributed by atoms with E-state index in [9.17, 15) is 9.18 Å². The number of hydrogen-bond acceptors (Lipinski definition) is 5. The first-order valence-corrected chi connectivity index (χ1v) is 11.1. The molecule has 6 nitrogen and oxygen atoms in total. The fraction of sp³-hybridized carbons (Fsp3) is 0.480. The number of halogens is 1. The highest BCUT2D eigenvalue weighted by atomic mass is 19.1. The molecule has 1 aliphatic rings. The van der Waals surface area contributed by atoms with Crippen LogP contribution in [0.5, 0.6) is 11.5 Å². The number of piperidine rings is 1. The third-order valence-electron chi connectivity index (χ3n) is 5.89. The maximum Gasteiger partial charge on any atom is 0.255 e. The van der Waals surface area contributed by atoms with E-state index in [1.165, 1.54) is 6.07 Å². The molecule has 0 radical (unpaired) electrons. The van der Waals surface area contributed by atoms with Crippen LogP contribution in [0.1, 0.15) is 35.7 Å². The topological polar surface area (TPSA) is 60.0 Å². The van der Waals surface area contributed by atoms with E-state index < -0.39 is 0 Å². The number of amides is 1. The normalized spacial score (nSPS) is 15.9. The van der Waals surface area contributed by atoms with E-state index in [-0.39, 0.29) is 23.9 Å². The van der Waals surface area contributed by atoms with Crippen molar-refractivity contribution >= 4 is 5.91 Å². The fourth-order valence-electron chi connectivity index (χ4n) is 4.00. The zero-order chi connectivity index (χ0) is 22.9. The average Bonchev–Trinajstić information content (AvgIpc) is 2.81. The largest absolute Gasteiger partial charge is 0.497 e. The molecule has 2 aromatic carbocycles. The standard InChI is InChI=1S/C25H33FN2O4/c1-18(16-19-6-4-5-7-23(19)26)28-13-10-20(11-14-28)32-24-17-21(31-3)8-9-22(24)25(29)27-12-15-30-2/h4-9,17-18,20H,10-16H2,1-3H3,(H,27,29)/t18-/m0/s1. The molecule has 1 atom stereocenters. The minimum atomic E-state index is -0.198. The molecule has 7 heteroatoms. The zero-order valence-electron chi connectivity index (χ0n) is 19.1. The van der Waals surface area contributed by atoms with Gasteiger partial charge in [0.15, 0.2) is 0 Å². The Morgan fingerprint density at radius 1 is 1.19 bits per heavy atom. The van der Waals surface area contributed by atoms with Crippen LogP contribution in [0.25, 0.3) is 0 Å². The molecular weight excluding hydrogens is 411 g/mol. The van der Waals surface area contributed by atoms with E-state index in [2.05, 4.69) is 17.1 Å². The highest BCUT2D eigenvalue weighted by Crippen LogP contribution is 2.28. The molecule has 2 aromatic rings. The summed E-state index contributed by atoms with van der Waals surface area (Å²) in [5, 5.41) is 2.84. The van der Waals surface area contributed by atoms with Crippen molar-refractivity contribution in [1.29, 1.82) is 0 Å². The number of benzene rings is 2. The van der Waals surface area contributed by atoms with Crippen molar-refractivity contribution in [3.8, 4) is 11.5 Å². The molecule has 0 saturated carbocycles. The van der Waals surface area contributed by atoms with Gasteiger partial charge in [-0.25, -0.2) is 4.39 Å². The van der Waals surface area contributed by atoms with E-state index in [0.29, 0.717) is 36.6 Å². The number of carbonyl (C=O) groups is 1. The minimum absolute atomic E-state index is 0.00421. The molecule has 1 amide bonds. The van der Waals surface area contributed by atoms with Crippen molar-refractivity contribution in [1.82, 2.24) is 10.2 Å². The third kappa shape index (κ3) is 6.43. The van der Waals surface area contributed by atoms with E-state index in [0.717, 1.165) is 31.5 Å². The molecule has 174 valence electrons. The predicted molar refractivity (Wildman–Crippen MR) is 122 cm³/mol. The maximum absolute atomic E-state index is 14.0. The predicted octanol–water partition coefficient (Wildman–Crippen LogP) is 3.68. The number of rotatable bonds is 10. The van der Waals surface area contributed by atoms with Crippen LogP contribution in [0.2, 0.25) is 0 Å². The molecular formula is C25H33FN2O4. The number of ether oxygens (including phenoxy) is 3. The number of nitrogens with one attached hydrogen (secondary N) is 1. The van der Waals surface area contributed by atoms with Crippen molar-refractivity contribution in [2.45, 2.75) is 38.3 Å². The van der Waals surface area contributed by atoms with Gasteiger partial charge in [-0.15, -0.1) is 0 Å². The van der Waals surface area contributed by atoms with Crippen molar-refractivity contribution in [3.63, 3.8) is 0 Å². The summed E-state index contributed by atoms with van der Waals surface area (Å²) in [4.78, 5) is 15.0. The summed E-state index contributed by atoms with van der Waals surface area (Å²) in [6.07, 6.45) is 2.36. The van der Waals surface area contributed by atoms with Gasteiger partial charge >= 0.3 is 0 Å². The summed E-state index contributed by atoms with van der Waals surface area (Å²) in [7, 11) is 3.19. The molecule has 0 spiro atoms. The molecule has 1 N–H and O–H groups in total. The van der Waals surface area contributed by atoms with Gasteiger partial charge in [-0.1, -0.05) is 18.2 Å². The van der Waals surface area contributed by atoms with Crippen molar-refractivity contribution in [2.75, 3.05) is 40.5 Å². The van der Waals surface area contributed by atoms with Crippen LogP contribution in [0.3, 0.4) is 0 Å². The van der Waals surface area contributed by atoms with Crippen LogP contribution in [0.4, 0.5) is 4.39 Å². The van der Waals surface area contributed by atoms with Crippen molar-refractivity contribution < 1.29 is 23.4 Å². The summed E-state index contributed by atoms with van der Waals surface area (Å²) in [6.45, 7) is 4.73. The molecule has 1 heterocycles. The number of hydrogen-bond donors (Lipinski definition) is 1. The fourth-order valence-corrected chi connectivity index (χ4v) is 4.00. The van der Waals surface area contributed by atoms with Gasteiger partial charge in [-0.2, -0.15) is 0 Å². The van der Waals surface area contributed by atoms with Crippen LogP contribution >= 0.6 is 0 Å². The lowest BCUT2D eigenvalue weighted by molar-refractivity contribution is 0.0772. The van der Waals surface area contributed by atoms with E-state index in [1.807, 2.05) is 12.1 Å². The molecule has 1 aliphatic heterocycles. The maximum atomic E-state index is 14.0. The van der Waals surface area contributed by atoms with Gasteiger partial charge in [0, 0.05) is 38.9 Å². The van der Waals surface area contributed by atoms with Gasteiger partial charge in [0.05, 0.1) is 19.3 Å². The molecule has 1 saturated heterocycles. The highest BCUT2D eigenvalue weighted by molar-refractivity contribution is 5.97. The second-order valence-corrected chi connectivity index (χ2v) is 8.11. The Bertz CT molecular complexity index is 884. The lowest BCUT2D eigenvalue weighted by Crippen LogP contribution is -2.44. The molecule has 32 heavy (non-hydrogen) atoms. The molecule has 1 fully saturated rings. The van der Waals surface area contributed by atoms with Crippen molar-refractivity contribution in [2.24, 2.45) is 0 Å². The molecule has 0 aromatic heterocycles. The third-order valence-corrected chi connectivity index (χ3v) is 5.89. The number of carbonyl (C=O) groups excluding carboxylic acids is 1. The molecule has 0 aliphatic carbocycles. The monoisotopic (exact) mass is 444 g/mol. The smallest absolute Gasteiger partial charge is 0.255 e. The second-order valence-electron chi connectivity index (χ2n) is 8.11. The second kappa shape index (κ2) is 11.8. The molecule has 0 unspecified atom stereocenters. The summed E-state index contributed by atoms with van der Waals surface area (Å²) in [6, 6.07) is 12.4. The Morgan fingerprint density at radius 3 is 2.62 bits per heavy atom. The summed E-state index contributed by atoms with van der Waals surface area (Å²) >= 11 is 0. The van der Waals surface area contributed by atoms with Crippen LogP contribution in [0, 0.1) is 5.82 Å². The van der Waals surface area contributed by atoms with Crippen LogP contribution < -0.4 is 14.8 Å². The quantitative estimate of drug-likeness (QED) is 0.567. The average molecular weight is 445 g/mol. The Kier molecular flexibility index (Phi) is 8.88. The lowest BCUT2D eigenvalue weighted by Gasteiger charge is -2.36. The molecule has 3 rings (SSSR count).